The molecule has 0 saturated heterocycles. The van der Waals surface area contributed by atoms with E-state index in [1.165, 1.54) is 0 Å². The Kier molecular flexibility index (Phi) is 3.31. The van der Waals surface area contributed by atoms with Gasteiger partial charge in [0.25, 0.3) is 0 Å². The van der Waals surface area contributed by atoms with Crippen molar-refractivity contribution in [3.63, 3.8) is 0 Å². The van der Waals surface area contributed by atoms with Crippen LogP contribution in [0.25, 0.3) is 11.6 Å². The first-order chi connectivity index (χ1) is 7.79. The molecular weight excluding hydrogens is 202 g/mol. The topological polar surface area (TPSA) is 64.9 Å². The highest BCUT2D eigenvalue weighted by Gasteiger charge is 2.05. The third-order valence-electron chi connectivity index (χ3n) is 2.47. The van der Waals surface area contributed by atoms with Crippen molar-refractivity contribution < 1.29 is 4.42 Å². The van der Waals surface area contributed by atoms with Crippen LogP contribution in [0.3, 0.4) is 0 Å². The second-order valence-electron chi connectivity index (χ2n) is 3.76. The maximum atomic E-state index is 5.86. The molecule has 16 heavy (non-hydrogen) atoms. The van der Waals surface area contributed by atoms with Gasteiger partial charge in [0.2, 0.25) is 0 Å². The van der Waals surface area contributed by atoms with Crippen molar-refractivity contribution in [1.29, 1.82) is 0 Å². The number of hydrogen-bond donors (Lipinski definition) is 1. The summed E-state index contributed by atoms with van der Waals surface area (Å²) in [6.07, 6.45) is 7.00. The van der Waals surface area contributed by atoms with Crippen LogP contribution in [0.2, 0.25) is 0 Å². The van der Waals surface area contributed by atoms with Crippen molar-refractivity contribution in [2.24, 2.45) is 5.73 Å². The average Bonchev–Trinajstić information content (AvgIpc) is 2.83. The van der Waals surface area contributed by atoms with Gasteiger partial charge in [0, 0.05) is 18.4 Å². The second-order valence-corrected chi connectivity index (χ2v) is 3.76. The highest BCUT2D eigenvalue weighted by molar-refractivity contribution is 5.45. The van der Waals surface area contributed by atoms with E-state index in [2.05, 4.69) is 16.9 Å². The van der Waals surface area contributed by atoms with Crippen LogP contribution in [0.4, 0.5) is 0 Å². The molecule has 0 amide bonds. The van der Waals surface area contributed by atoms with Gasteiger partial charge in [-0.15, -0.1) is 0 Å². The molecule has 1 unspecified atom stereocenters. The molecule has 2 aromatic rings. The lowest BCUT2D eigenvalue weighted by Gasteiger charge is -2.07. The quantitative estimate of drug-likeness (QED) is 0.850. The van der Waals surface area contributed by atoms with Crippen LogP contribution in [0.5, 0.6) is 0 Å². The van der Waals surface area contributed by atoms with Crippen molar-refractivity contribution in [3.05, 3.63) is 36.4 Å². The van der Waals surface area contributed by atoms with E-state index < -0.39 is 0 Å². The summed E-state index contributed by atoms with van der Waals surface area (Å²) in [5.41, 5.74) is 6.92. The van der Waals surface area contributed by atoms with E-state index in [-0.39, 0.29) is 6.04 Å². The van der Waals surface area contributed by atoms with Crippen LogP contribution in [0.15, 0.2) is 35.2 Å². The molecule has 0 aliphatic carbocycles. The number of rotatable bonds is 4. The molecule has 0 fully saturated rings. The number of hydrogen-bond acceptors (Lipinski definition) is 4. The molecular formula is C12H15N3O. The van der Waals surface area contributed by atoms with Crippen LogP contribution in [-0.4, -0.2) is 16.0 Å². The first-order valence-electron chi connectivity index (χ1n) is 5.40. The molecule has 84 valence electrons. The summed E-state index contributed by atoms with van der Waals surface area (Å²) in [5, 5.41) is 0. The molecule has 0 saturated carbocycles. The first kappa shape index (κ1) is 10.8. The van der Waals surface area contributed by atoms with Crippen molar-refractivity contribution in [1.82, 2.24) is 9.97 Å². The standard InChI is InChI=1S/C12H15N3O/c1-2-10(13)6-9-7-14-12(15-8-9)11-4-3-5-16-11/h3-5,7-8,10H,2,6,13H2,1H3. The van der Waals surface area contributed by atoms with Gasteiger partial charge in [0.15, 0.2) is 11.6 Å². The van der Waals surface area contributed by atoms with Gasteiger partial charge in [-0.3, -0.25) is 0 Å². The van der Waals surface area contributed by atoms with Crippen LogP contribution in [0.1, 0.15) is 18.9 Å². The maximum Gasteiger partial charge on any atom is 0.195 e. The zero-order chi connectivity index (χ0) is 11.4. The molecule has 0 spiro atoms. The van der Waals surface area contributed by atoms with Crippen molar-refractivity contribution in [2.75, 3.05) is 0 Å². The summed E-state index contributed by atoms with van der Waals surface area (Å²) in [4.78, 5) is 8.50. The van der Waals surface area contributed by atoms with Crippen LogP contribution >= 0.6 is 0 Å². The van der Waals surface area contributed by atoms with Gasteiger partial charge in [-0.1, -0.05) is 6.92 Å². The lowest BCUT2D eigenvalue weighted by molar-refractivity contribution is 0.576. The molecule has 2 heterocycles. The minimum Gasteiger partial charge on any atom is -0.461 e. The fourth-order valence-corrected chi connectivity index (χ4v) is 1.44. The lowest BCUT2D eigenvalue weighted by Crippen LogP contribution is -2.21. The maximum absolute atomic E-state index is 5.86. The van der Waals surface area contributed by atoms with Gasteiger partial charge in [0.05, 0.1) is 6.26 Å². The van der Waals surface area contributed by atoms with Gasteiger partial charge in [-0.2, -0.15) is 0 Å². The zero-order valence-electron chi connectivity index (χ0n) is 9.26. The van der Waals surface area contributed by atoms with E-state index in [1.54, 1.807) is 18.7 Å². The summed E-state index contributed by atoms with van der Waals surface area (Å²) in [6.45, 7) is 2.07. The molecule has 0 aliphatic heterocycles. The molecule has 2 rings (SSSR count). The zero-order valence-corrected chi connectivity index (χ0v) is 9.26. The molecule has 2 N–H and O–H groups in total. The van der Waals surface area contributed by atoms with Crippen LogP contribution in [0, 0.1) is 0 Å². The van der Waals surface area contributed by atoms with E-state index in [1.807, 2.05) is 12.1 Å². The monoisotopic (exact) mass is 217 g/mol. The predicted molar refractivity (Wildman–Crippen MR) is 61.7 cm³/mol. The summed E-state index contributed by atoms with van der Waals surface area (Å²) in [6, 6.07) is 3.84. The molecule has 1 atom stereocenters. The smallest absolute Gasteiger partial charge is 0.195 e. The van der Waals surface area contributed by atoms with Gasteiger partial charge in [0.1, 0.15) is 0 Å². The summed E-state index contributed by atoms with van der Waals surface area (Å²) < 4.78 is 5.21. The Morgan fingerprint density at radius 2 is 2.12 bits per heavy atom. The highest BCUT2D eigenvalue weighted by Crippen LogP contribution is 2.14. The Bertz CT molecular complexity index is 422. The molecule has 0 aliphatic rings. The Labute approximate surface area is 94.5 Å². The third kappa shape index (κ3) is 2.46. The van der Waals surface area contributed by atoms with E-state index in [0.29, 0.717) is 11.6 Å². The van der Waals surface area contributed by atoms with Gasteiger partial charge >= 0.3 is 0 Å². The largest absolute Gasteiger partial charge is 0.461 e. The van der Waals surface area contributed by atoms with Crippen LogP contribution < -0.4 is 5.73 Å². The second kappa shape index (κ2) is 4.90. The van der Waals surface area contributed by atoms with Crippen molar-refractivity contribution in [3.8, 4) is 11.6 Å². The fourth-order valence-electron chi connectivity index (χ4n) is 1.44. The average molecular weight is 217 g/mol. The Morgan fingerprint density at radius 3 is 2.69 bits per heavy atom. The van der Waals surface area contributed by atoms with E-state index in [4.69, 9.17) is 10.2 Å². The number of furan rings is 1. The molecule has 0 aromatic carbocycles. The van der Waals surface area contributed by atoms with Gasteiger partial charge in [-0.25, -0.2) is 9.97 Å². The fraction of sp³-hybridized carbons (Fsp3) is 0.333. The van der Waals surface area contributed by atoms with E-state index in [9.17, 15) is 0 Å². The van der Waals surface area contributed by atoms with E-state index >= 15 is 0 Å². The molecule has 4 nitrogen and oxygen atoms in total. The highest BCUT2D eigenvalue weighted by atomic mass is 16.3. The Hall–Kier alpha value is -1.68. The Morgan fingerprint density at radius 1 is 1.38 bits per heavy atom. The predicted octanol–water partition coefficient (Wildman–Crippen LogP) is 2.02. The van der Waals surface area contributed by atoms with Crippen molar-refractivity contribution in [2.45, 2.75) is 25.8 Å². The van der Waals surface area contributed by atoms with E-state index in [0.717, 1.165) is 18.4 Å². The molecule has 0 radical (unpaired) electrons. The molecule has 4 heteroatoms. The summed E-state index contributed by atoms with van der Waals surface area (Å²) >= 11 is 0. The van der Waals surface area contributed by atoms with Crippen LogP contribution in [-0.2, 0) is 6.42 Å². The summed E-state index contributed by atoms with van der Waals surface area (Å²) in [7, 11) is 0. The first-order valence-corrected chi connectivity index (χ1v) is 5.40. The third-order valence-corrected chi connectivity index (χ3v) is 2.47. The minimum absolute atomic E-state index is 0.179. The SMILES string of the molecule is CCC(N)Cc1cnc(-c2ccco2)nc1. The summed E-state index contributed by atoms with van der Waals surface area (Å²) in [5.74, 6) is 1.30. The molecule has 2 aromatic heterocycles. The number of nitrogens with zero attached hydrogens (tertiary/aromatic N) is 2. The number of nitrogens with two attached hydrogens (primary N) is 1. The minimum atomic E-state index is 0.179. The number of aromatic nitrogens is 2. The van der Waals surface area contributed by atoms with Gasteiger partial charge in [-0.05, 0) is 30.5 Å². The lowest BCUT2D eigenvalue weighted by atomic mass is 10.1. The Balaban J connectivity index is 2.11. The van der Waals surface area contributed by atoms with Crippen molar-refractivity contribution >= 4 is 0 Å². The normalized spacial score (nSPS) is 12.6. The van der Waals surface area contributed by atoms with Gasteiger partial charge < -0.3 is 10.2 Å². The molecule has 0 bridgehead atoms.